The van der Waals surface area contributed by atoms with Crippen molar-refractivity contribution in [3.05, 3.63) is 168 Å². The van der Waals surface area contributed by atoms with E-state index in [1.165, 1.54) is 6.20 Å². The number of rotatable bonds is 6. The van der Waals surface area contributed by atoms with Gasteiger partial charge in [0.1, 0.15) is 11.6 Å². The normalized spacial score (nSPS) is 13.3. The van der Waals surface area contributed by atoms with Gasteiger partial charge in [-0.25, -0.2) is 4.98 Å². The van der Waals surface area contributed by atoms with Crippen molar-refractivity contribution in [3.8, 4) is 67.5 Å². The Kier molecular flexibility index (Phi) is 6.98. The van der Waals surface area contributed by atoms with E-state index in [-0.39, 0.29) is 32.4 Å². The minimum atomic E-state index is -2.81. The molecule has 5 heteroatoms. The molecular weight excluding hydrogens is 794 g/mol. The second kappa shape index (κ2) is 13.7. The summed E-state index contributed by atoms with van der Waals surface area (Å²) in [5.41, 5.74) is 8.86. The summed E-state index contributed by atoms with van der Waals surface area (Å²) in [5.74, 6) is 0.742. The number of para-hydroxylation sites is 2. The zero-order valence-corrected chi connectivity index (χ0v) is 29.4. The maximum atomic E-state index is 11.4. The molecule has 2 heterocycles. The summed E-state index contributed by atoms with van der Waals surface area (Å²) < 4.78 is 59.9. The third-order valence-electron chi connectivity index (χ3n) is 8.60. The van der Waals surface area contributed by atoms with Gasteiger partial charge in [-0.2, -0.15) is 0 Å². The van der Waals surface area contributed by atoms with Gasteiger partial charge in [0.2, 0.25) is 0 Å². The van der Waals surface area contributed by atoms with Gasteiger partial charge in [-0.3, -0.25) is 9.55 Å². The number of fused-ring (bicyclic) bond motifs is 1. The van der Waals surface area contributed by atoms with Crippen LogP contribution < -0.4 is 0 Å². The van der Waals surface area contributed by atoms with Crippen LogP contribution >= 0.6 is 0 Å². The summed E-state index contributed by atoms with van der Waals surface area (Å²) >= 11 is 0. The Morgan fingerprint density at radius 3 is 2.18 bits per heavy atom. The van der Waals surface area contributed by atoms with E-state index in [0.717, 1.165) is 44.6 Å². The summed E-state index contributed by atoms with van der Waals surface area (Å²) in [6.45, 7) is 1.05. The fraction of sp³-hybridized carbons (Fsp3) is 0.0667. The van der Waals surface area contributed by atoms with Crippen LogP contribution in [0.25, 0.3) is 72.7 Å². The number of aryl methyl sites for hydroxylation is 2. The van der Waals surface area contributed by atoms with Crippen LogP contribution in [-0.4, -0.2) is 19.6 Å². The Labute approximate surface area is 316 Å². The minimum absolute atomic E-state index is 0. The Morgan fingerprint density at radius 1 is 0.680 bits per heavy atom. The molecule has 2 aromatic heterocycles. The van der Waals surface area contributed by atoms with Crippen LogP contribution in [0.15, 0.2) is 146 Å². The van der Waals surface area contributed by atoms with Gasteiger partial charge in [0.05, 0.1) is 22.1 Å². The van der Waals surface area contributed by atoms with Crippen molar-refractivity contribution in [2.45, 2.75) is 20.7 Å². The zero-order chi connectivity index (χ0) is 39.5. The van der Waals surface area contributed by atoms with Crippen LogP contribution in [0, 0.1) is 26.8 Å². The van der Waals surface area contributed by atoms with E-state index in [1.807, 2.05) is 117 Å². The molecule has 8 aromatic rings. The quantitative estimate of drug-likeness (QED) is 0.170. The number of phenolic OH excluding ortho intramolecular Hbond substituents is 1. The van der Waals surface area contributed by atoms with Gasteiger partial charge < -0.3 is 5.11 Å². The Balaban J connectivity index is 0.00000496. The van der Waals surface area contributed by atoms with Crippen LogP contribution in [0.1, 0.15) is 26.3 Å². The van der Waals surface area contributed by atoms with E-state index in [9.17, 15) is 5.11 Å². The molecule has 1 N–H and O–H groups in total. The molecule has 0 aliphatic carbocycles. The van der Waals surface area contributed by atoms with Gasteiger partial charge >= 0.3 is 0 Å². The predicted octanol–water partition coefficient (Wildman–Crippen LogP) is 11.2. The van der Waals surface area contributed by atoms with Crippen LogP contribution in [-0.2, 0) is 21.1 Å². The summed E-state index contributed by atoms with van der Waals surface area (Å²) in [5, 5.41) is 11.4. The molecule has 0 amide bonds. The molecule has 0 atom stereocenters. The van der Waals surface area contributed by atoms with Crippen molar-refractivity contribution >= 4 is 11.0 Å². The van der Waals surface area contributed by atoms with Gasteiger partial charge in [0, 0.05) is 42.8 Å². The number of hydrogen-bond acceptors (Lipinski definition) is 3. The third-order valence-corrected chi connectivity index (χ3v) is 8.60. The van der Waals surface area contributed by atoms with Gasteiger partial charge in [-0.15, -0.1) is 23.8 Å². The van der Waals surface area contributed by atoms with Gasteiger partial charge in [0.25, 0.3) is 0 Å². The van der Waals surface area contributed by atoms with Crippen LogP contribution in [0.3, 0.4) is 0 Å². The van der Waals surface area contributed by atoms with E-state index in [0.29, 0.717) is 33.7 Å². The molecule has 0 aliphatic rings. The third kappa shape index (κ3) is 6.19. The largest absolute Gasteiger partial charge is 0.507 e. The Bertz CT molecular complexity index is 2790. The predicted molar refractivity (Wildman–Crippen MR) is 201 cm³/mol. The number of pyridine rings is 1. The van der Waals surface area contributed by atoms with E-state index in [1.54, 1.807) is 12.1 Å². The van der Waals surface area contributed by atoms with Crippen LogP contribution in [0.5, 0.6) is 5.75 Å². The molecular formula is C45H34N3OPt-. The van der Waals surface area contributed by atoms with Gasteiger partial charge in [-0.1, -0.05) is 119 Å². The first-order chi connectivity index (χ1) is 26.8. The van der Waals surface area contributed by atoms with Crippen molar-refractivity contribution < 1.29 is 35.8 Å². The molecule has 0 saturated carbocycles. The van der Waals surface area contributed by atoms with Crippen molar-refractivity contribution in [1.29, 1.82) is 0 Å². The molecule has 50 heavy (non-hydrogen) atoms. The summed E-state index contributed by atoms with van der Waals surface area (Å²) in [7, 11) is 0. The second-order valence-electron chi connectivity index (χ2n) is 12.0. The first-order valence-corrected chi connectivity index (χ1v) is 15.9. The van der Waals surface area contributed by atoms with Crippen LogP contribution in [0.4, 0.5) is 0 Å². The van der Waals surface area contributed by atoms with E-state index >= 15 is 0 Å². The summed E-state index contributed by atoms with van der Waals surface area (Å²) in [6.07, 6.45) is 1.53. The molecule has 246 valence electrons. The Hall–Kier alpha value is -5.57. The molecule has 0 bridgehead atoms. The molecule has 0 saturated heterocycles. The molecule has 0 unspecified atom stereocenters. The molecule has 8 rings (SSSR count). The molecule has 4 nitrogen and oxygen atoms in total. The summed E-state index contributed by atoms with van der Waals surface area (Å²) in [4.78, 5) is 9.91. The number of phenols is 1. The van der Waals surface area contributed by atoms with Gasteiger partial charge in [0.15, 0.2) is 0 Å². The number of nitrogens with zero attached hydrogens (tertiary/aromatic N) is 3. The number of imidazole rings is 1. The fourth-order valence-electron chi connectivity index (χ4n) is 6.31. The molecule has 0 fully saturated rings. The standard InChI is InChI=1S/C45H34N3O.Pt/c1-29-17-19-33(20-18-29)34-21-22-46-41(28-34)37-26-35(32-11-6-4-7-12-32)25-36(27-37)39-15-10-16-42-43(39)47-45(48(42)38-13-8-5-9-14-38)40-24-30(2)23-31(3)44(40)49;/h4-26,28,49H,1-3H3;/q-1;/i1D3,17D,18D,19D,20D;. The first-order valence-electron chi connectivity index (χ1n) is 19.4. The van der Waals surface area contributed by atoms with Crippen molar-refractivity contribution in [2.24, 2.45) is 0 Å². The van der Waals surface area contributed by atoms with Crippen molar-refractivity contribution in [2.75, 3.05) is 0 Å². The van der Waals surface area contributed by atoms with Crippen molar-refractivity contribution in [3.63, 3.8) is 0 Å². The number of aromatic nitrogens is 3. The second-order valence-corrected chi connectivity index (χ2v) is 12.0. The molecule has 6 aromatic carbocycles. The number of benzene rings is 6. The Morgan fingerprint density at radius 2 is 1.42 bits per heavy atom. The van der Waals surface area contributed by atoms with Crippen molar-refractivity contribution in [1.82, 2.24) is 14.5 Å². The minimum Gasteiger partial charge on any atom is -0.507 e. The van der Waals surface area contributed by atoms with Gasteiger partial charge in [-0.05, 0) is 78.8 Å². The van der Waals surface area contributed by atoms with Crippen LogP contribution in [0.2, 0.25) is 0 Å². The van der Waals surface area contributed by atoms with E-state index in [2.05, 4.69) is 15.6 Å². The van der Waals surface area contributed by atoms with E-state index < -0.39 is 36.6 Å². The summed E-state index contributed by atoms with van der Waals surface area (Å²) in [6, 6.07) is 38.4. The smallest absolute Gasteiger partial charge is 0.148 e. The molecule has 0 aliphatic heterocycles. The number of aromatic hydroxyl groups is 1. The topological polar surface area (TPSA) is 50.9 Å². The average Bonchev–Trinajstić information content (AvgIpc) is 3.58. The molecule has 0 radical (unpaired) electrons. The maximum Gasteiger partial charge on any atom is 0.148 e. The first kappa shape index (κ1) is 25.4. The number of hydrogen-bond donors (Lipinski definition) is 1. The van der Waals surface area contributed by atoms with E-state index in [4.69, 9.17) is 14.6 Å². The molecule has 0 spiro atoms. The monoisotopic (exact) mass is 834 g/mol. The SMILES string of the molecule is [2H]c1c([2H])c(C([2H])([2H])[2H])c([2H])c([2H])c1-c1ccnc(-c2[c-]c(-c3cccc4c3nc(-c3cc(C)cc(C)c3O)n4-c3ccccc3)cc(-c3ccccc3)c2)c1.[Pt]. The fourth-order valence-corrected chi connectivity index (χ4v) is 6.31. The maximum absolute atomic E-state index is 11.4. The average molecular weight is 835 g/mol. The zero-order valence-electron chi connectivity index (χ0n) is 34.2.